The molecule has 2 amide bonds. The molecule has 0 aliphatic carbocycles. The van der Waals surface area contributed by atoms with Crippen molar-refractivity contribution in [3.8, 4) is 0 Å². The molecule has 7 heteroatoms. The maximum atomic E-state index is 13.3. The lowest BCUT2D eigenvalue weighted by Crippen LogP contribution is -2.45. The average Bonchev–Trinajstić information content (AvgIpc) is 3.11. The summed E-state index contributed by atoms with van der Waals surface area (Å²) in [5.74, 6) is 0.168. The van der Waals surface area contributed by atoms with Gasteiger partial charge in [0.25, 0.3) is 0 Å². The number of carbonyl (C=O) groups is 2. The Morgan fingerprint density at radius 3 is 1.96 bits per heavy atom. The number of likely N-dealkylation sites (tertiary alicyclic amines) is 1. The largest absolute Gasteiger partial charge is 0.445 e. The van der Waals surface area contributed by atoms with E-state index in [4.69, 9.17) is 4.74 Å². The van der Waals surface area contributed by atoms with Crippen LogP contribution >= 0.6 is 0 Å². The Morgan fingerprint density at radius 2 is 1.35 bits per heavy atom. The third-order valence-corrected chi connectivity index (χ3v) is 9.07. The van der Waals surface area contributed by atoms with E-state index in [1.165, 1.54) is 5.56 Å². The number of benzene rings is 4. The number of rotatable bonds is 14. The highest BCUT2D eigenvalue weighted by atomic mass is 19.1. The molecule has 1 aliphatic heterocycles. The van der Waals surface area contributed by atoms with Gasteiger partial charge in [-0.25, -0.2) is 9.18 Å². The van der Waals surface area contributed by atoms with Crippen LogP contribution in [-0.4, -0.2) is 49.6 Å². The maximum absolute atomic E-state index is 13.3. The predicted molar refractivity (Wildman–Crippen MR) is 180 cm³/mol. The van der Waals surface area contributed by atoms with Crippen molar-refractivity contribution in [1.82, 2.24) is 15.5 Å². The van der Waals surface area contributed by atoms with Gasteiger partial charge in [-0.2, -0.15) is 0 Å². The minimum absolute atomic E-state index is 0.144. The molecule has 0 atom stereocenters. The van der Waals surface area contributed by atoms with E-state index in [1.807, 2.05) is 78.9 Å². The van der Waals surface area contributed by atoms with Crippen molar-refractivity contribution in [3.63, 3.8) is 0 Å². The Morgan fingerprint density at radius 1 is 0.761 bits per heavy atom. The van der Waals surface area contributed by atoms with E-state index in [0.717, 1.165) is 68.4 Å². The summed E-state index contributed by atoms with van der Waals surface area (Å²) in [4.78, 5) is 27.8. The van der Waals surface area contributed by atoms with Crippen LogP contribution in [0.1, 0.15) is 47.9 Å². The number of nitrogens with one attached hydrogen (secondary N) is 2. The van der Waals surface area contributed by atoms with Gasteiger partial charge in [0.05, 0.1) is 6.54 Å². The molecule has 6 nitrogen and oxygen atoms in total. The Balaban J connectivity index is 1.18. The number of hydrogen-bond donors (Lipinski definition) is 2. The number of piperidine rings is 1. The third-order valence-electron chi connectivity index (χ3n) is 9.07. The maximum Gasteiger partial charge on any atom is 0.407 e. The molecule has 1 heterocycles. The molecule has 0 bridgehead atoms. The molecule has 0 aromatic heterocycles. The average molecular weight is 622 g/mol. The summed E-state index contributed by atoms with van der Waals surface area (Å²) in [6.07, 6.45) is 4.46. The lowest BCUT2D eigenvalue weighted by Gasteiger charge is -2.37. The number of carbonyl (C=O) groups excluding carboxylic acids is 2. The van der Waals surface area contributed by atoms with Crippen LogP contribution in [0.2, 0.25) is 0 Å². The number of nitrogens with zero attached hydrogens (tertiary/aromatic N) is 1. The molecule has 0 unspecified atom stereocenters. The van der Waals surface area contributed by atoms with Crippen molar-refractivity contribution in [2.45, 2.75) is 44.1 Å². The van der Waals surface area contributed by atoms with Crippen LogP contribution in [-0.2, 0) is 28.0 Å². The first-order chi connectivity index (χ1) is 22.5. The van der Waals surface area contributed by atoms with Gasteiger partial charge in [-0.1, -0.05) is 103 Å². The second kappa shape index (κ2) is 16.7. The molecule has 46 heavy (non-hydrogen) atoms. The third kappa shape index (κ3) is 9.51. The van der Waals surface area contributed by atoms with Crippen LogP contribution in [0, 0.1) is 11.7 Å². The van der Waals surface area contributed by atoms with Crippen molar-refractivity contribution in [2.24, 2.45) is 5.92 Å². The Hall–Kier alpha value is -4.49. The first kappa shape index (κ1) is 32.9. The van der Waals surface area contributed by atoms with Crippen LogP contribution in [0.15, 0.2) is 115 Å². The summed E-state index contributed by atoms with van der Waals surface area (Å²) in [5.41, 5.74) is 3.94. The highest BCUT2D eigenvalue weighted by Crippen LogP contribution is 2.37. The van der Waals surface area contributed by atoms with Crippen molar-refractivity contribution in [1.29, 1.82) is 0 Å². The van der Waals surface area contributed by atoms with Crippen molar-refractivity contribution < 1.29 is 18.7 Å². The standard InChI is InChI=1S/C39H44FN3O3/c40-36-19-17-31(18-20-36)27-32-21-25-43(26-22-32)24-10-23-39(34-13-6-2-7-14-34,35-15-8-3-9-16-35)30-42-37(44)28-41-38(45)46-29-33-11-4-1-5-12-33/h1-9,11-20,32H,10,21-30H2,(H,41,45)(H,42,44). The molecule has 5 rings (SSSR count). The molecule has 0 saturated carbocycles. The van der Waals surface area contributed by atoms with E-state index in [2.05, 4.69) is 39.8 Å². The summed E-state index contributed by atoms with van der Waals surface area (Å²) in [6, 6.07) is 37.1. The smallest absolute Gasteiger partial charge is 0.407 e. The van der Waals surface area contributed by atoms with Gasteiger partial charge < -0.3 is 20.3 Å². The summed E-state index contributed by atoms with van der Waals surface area (Å²) in [7, 11) is 0. The monoisotopic (exact) mass is 621 g/mol. The molecule has 0 radical (unpaired) electrons. The lowest BCUT2D eigenvalue weighted by molar-refractivity contribution is -0.120. The molecule has 1 aliphatic rings. The molecule has 240 valence electrons. The van der Waals surface area contributed by atoms with Crippen molar-refractivity contribution in [3.05, 3.63) is 143 Å². The van der Waals surface area contributed by atoms with Crippen LogP contribution < -0.4 is 10.6 Å². The lowest BCUT2D eigenvalue weighted by atomic mass is 9.71. The van der Waals surface area contributed by atoms with Gasteiger partial charge in [0.2, 0.25) is 5.91 Å². The molecule has 1 saturated heterocycles. The topological polar surface area (TPSA) is 70.7 Å². The van der Waals surface area contributed by atoms with Crippen molar-refractivity contribution >= 4 is 12.0 Å². The zero-order chi connectivity index (χ0) is 32.0. The molecule has 0 spiro atoms. The fraction of sp³-hybridized carbons (Fsp3) is 0.333. The summed E-state index contributed by atoms with van der Waals surface area (Å²) < 4.78 is 18.6. The normalized spacial score (nSPS) is 14.0. The summed E-state index contributed by atoms with van der Waals surface area (Å²) in [5, 5.41) is 5.70. The number of ether oxygens (including phenoxy) is 1. The van der Waals surface area contributed by atoms with Crippen molar-refractivity contribution in [2.75, 3.05) is 32.7 Å². The Labute approximate surface area is 272 Å². The molecule has 4 aromatic carbocycles. The fourth-order valence-corrected chi connectivity index (χ4v) is 6.47. The minimum Gasteiger partial charge on any atom is -0.445 e. The van der Waals surface area contributed by atoms with Crippen LogP contribution in [0.25, 0.3) is 0 Å². The van der Waals surface area contributed by atoms with Crippen LogP contribution in [0.3, 0.4) is 0 Å². The number of halogens is 1. The second-order valence-electron chi connectivity index (χ2n) is 12.2. The molecular formula is C39H44FN3O3. The summed E-state index contributed by atoms with van der Waals surface area (Å²) in [6.45, 7) is 3.47. The van der Waals surface area contributed by atoms with Crippen LogP contribution in [0.5, 0.6) is 0 Å². The summed E-state index contributed by atoms with van der Waals surface area (Å²) >= 11 is 0. The highest BCUT2D eigenvalue weighted by Gasteiger charge is 2.34. The van der Waals surface area contributed by atoms with Gasteiger partial charge in [0.15, 0.2) is 0 Å². The van der Waals surface area contributed by atoms with Gasteiger partial charge in [-0.15, -0.1) is 0 Å². The van der Waals surface area contributed by atoms with Crippen LogP contribution in [0.4, 0.5) is 9.18 Å². The quantitative estimate of drug-likeness (QED) is 0.161. The molecule has 4 aromatic rings. The molecular weight excluding hydrogens is 577 g/mol. The van der Waals surface area contributed by atoms with Gasteiger partial charge in [0.1, 0.15) is 12.4 Å². The highest BCUT2D eigenvalue weighted by molar-refractivity contribution is 5.82. The molecule has 1 fully saturated rings. The predicted octanol–water partition coefficient (Wildman–Crippen LogP) is 6.89. The zero-order valence-electron chi connectivity index (χ0n) is 26.4. The van der Waals surface area contributed by atoms with E-state index >= 15 is 0 Å². The SMILES string of the molecule is O=C(CNC(=O)OCc1ccccc1)NCC(CCCN1CCC(Cc2ccc(F)cc2)CC1)(c1ccccc1)c1ccccc1. The Kier molecular flexibility index (Phi) is 12.0. The number of alkyl carbamates (subject to hydrolysis) is 1. The van der Waals surface area contributed by atoms with E-state index < -0.39 is 11.5 Å². The van der Waals surface area contributed by atoms with Gasteiger partial charge in [-0.05, 0) is 92.0 Å². The fourth-order valence-electron chi connectivity index (χ4n) is 6.47. The Bertz CT molecular complexity index is 1450. The number of hydrogen-bond acceptors (Lipinski definition) is 4. The number of amides is 2. The van der Waals surface area contributed by atoms with E-state index in [9.17, 15) is 14.0 Å². The van der Waals surface area contributed by atoms with Gasteiger partial charge in [0, 0.05) is 12.0 Å². The first-order valence-corrected chi connectivity index (χ1v) is 16.3. The van der Waals surface area contributed by atoms with E-state index in [-0.39, 0.29) is 24.9 Å². The second-order valence-corrected chi connectivity index (χ2v) is 12.2. The van der Waals surface area contributed by atoms with Gasteiger partial charge in [-0.3, -0.25) is 4.79 Å². The van der Waals surface area contributed by atoms with E-state index in [1.54, 1.807) is 12.1 Å². The van der Waals surface area contributed by atoms with E-state index in [0.29, 0.717) is 12.5 Å². The molecule has 2 N–H and O–H groups in total. The first-order valence-electron chi connectivity index (χ1n) is 16.3. The van der Waals surface area contributed by atoms with Gasteiger partial charge >= 0.3 is 6.09 Å². The minimum atomic E-state index is -0.627. The zero-order valence-corrected chi connectivity index (χ0v) is 26.4.